The van der Waals surface area contributed by atoms with Crippen molar-refractivity contribution in [1.29, 1.82) is 5.26 Å². The molecule has 2 aliphatic carbocycles. The van der Waals surface area contributed by atoms with Crippen molar-refractivity contribution in [3.8, 4) is 6.07 Å². The summed E-state index contributed by atoms with van der Waals surface area (Å²) in [6.45, 7) is 0. The molecule has 3 amide bonds. The standard InChI is InChI=1S/C31H27F3N6O3/c32-20-5-3-6-24(14-20)40(27(42)15-23-8-9-26(41)39(23)29-36-13-11-21(18-35)38-29)31(12-10-19-4-1-2-7-25(19)31)28(43)37-22-16-30(33,34)17-22/h1-7,11,13-14,22-23H,8-10,12,15-17H2,(H,37,43)/t23-,31?/m0/s1. The van der Waals surface area contributed by atoms with Crippen LogP contribution in [0, 0.1) is 17.1 Å². The predicted octanol–water partition coefficient (Wildman–Crippen LogP) is 4.16. The van der Waals surface area contributed by atoms with Gasteiger partial charge in [-0.25, -0.2) is 23.1 Å². The third kappa shape index (κ3) is 5.09. The van der Waals surface area contributed by atoms with Crippen LogP contribution >= 0.6 is 0 Å². The monoisotopic (exact) mass is 588 g/mol. The largest absolute Gasteiger partial charge is 0.351 e. The van der Waals surface area contributed by atoms with Gasteiger partial charge in [0.05, 0.1) is 0 Å². The zero-order valence-electron chi connectivity index (χ0n) is 23.0. The van der Waals surface area contributed by atoms with E-state index >= 15 is 0 Å². The Morgan fingerprint density at radius 1 is 1.12 bits per heavy atom. The van der Waals surface area contributed by atoms with Crippen LogP contribution in [0.1, 0.15) is 55.3 Å². The van der Waals surface area contributed by atoms with Crippen molar-refractivity contribution >= 4 is 29.4 Å². The summed E-state index contributed by atoms with van der Waals surface area (Å²) in [6, 6.07) is 14.3. The second kappa shape index (κ2) is 10.8. The fraction of sp³-hybridized carbons (Fsp3) is 0.355. The third-order valence-electron chi connectivity index (χ3n) is 8.43. The number of carbonyl (C=O) groups excluding carboxylic acids is 3. The van der Waals surface area contributed by atoms with Gasteiger partial charge in [0, 0.05) is 49.7 Å². The zero-order chi connectivity index (χ0) is 30.4. The molecule has 220 valence electrons. The quantitative estimate of drug-likeness (QED) is 0.443. The SMILES string of the molecule is N#Cc1ccnc(N2C(=O)CC[C@H]2CC(=O)N(c2cccc(F)c2)C2(C(=O)NC3CC(F)(F)C3)CCc3ccccc32)n1. The number of hydrogen-bond acceptors (Lipinski definition) is 6. The highest BCUT2D eigenvalue weighted by atomic mass is 19.3. The van der Waals surface area contributed by atoms with Gasteiger partial charge in [-0.3, -0.25) is 24.2 Å². The van der Waals surface area contributed by atoms with Gasteiger partial charge in [-0.05, 0) is 54.7 Å². The third-order valence-corrected chi connectivity index (χ3v) is 8.43. The van der Waals surface area contributed by atoms with Gasteiger partial charge in [-0.1, -0.05) is 30.3 Å². The molecule has 1 saturated carbocycles. The van der Waals surface area contributed by atoms with Crippen molar-refractivity contribution < 1.29 is 27.6 Å². The van der Waals surface area contributed by atoms with Crippen LogP contribution < -0.4 is 15.1 Å². The molecule has 1 unspecified atom stereocenters. The summed E-state index contributed by atoms with van der Waals surface area (Å²) < 4.78 is 42.1. The van der Waals surface area contributed by atoms with Gasteiger partial charge in [0.2, 0.25) is 17.8 Å². The summed E-state index contributed by atoms with van der Waals surface area (Å²) in [6.07, 6.45) is 1.04. The van der Waals surface area contributed by atoms with Crippen molar-refractivity contribution in [2.24, 2.45) is 0 Å². The highest BCUT2D eigenvalue weighted by molar-refractivity contribution is 6.06. The molecular formula is C31H27F3N6O3. The number of halogens is 3. The number of amides is 3. The Morgan fingerprint density at radius 2 is 1.91 bits per heavy atom. The summed E-state index contributed by atoms with van der Waals surface area (Å²) in [7, 11) is 0. The number of rotatable bonds is 7. The van der Waals surface area contributed by atoms with Crippen molar-refractivity contribution in [2.45, 2.75) is 68.5 Å². The number of alkyl halides is 2. The lowest BCUT2D eigenvalue weighted by Crippen LogP contribution is -2.62. The van der Waals surface area contributed by atoms with Gasteiger partial charge < -0.3 is 5.32 Å². The maximum atomic E-state index is 14.7. The number of anilines is 2. The van der Waals surface area contributed by atoms with Gasteiger partial charge in [-0.15, -0.1) is 0 Å². The lowest BCUT2D eigenvalue weighted by Gasteiger charge is -2.44. The second-order valence-electron chi connectivity index (χ2n) is 11.2. The molecule has 0 spiro atoms. The smallest absolute Gasteiger partial charge is 0.252 e. The first-order chi connectivity index (χ1) is 20.6. The fourth-order valence-corrected chi connectivity index (χ4v) is 6.45. The molecular weight excluding hydrogens is 561 g/mol. The number of nitrogens with one attached hydrogen (secondary N) is 1. The Labute approximate surface area is 245 Å². The minimum Gasteiger partial charge on any atom is -0.351 e. The van der Waals surface area contributed by atoms with E-state index in [1.54, 1.807) is 12.1 Å². The van der Waals surface area contributed by atoms with E-state index in [-0.39, 0.29) is 48.9 Å². The summed E-state index contributed by atoms with van der Waals surface area (Å²) in [5, 5.41) is 12.0. The highest BCUT2D eigenvalue weighted by Crippen LogP contribution is 2.46. The van der Waals surface area contributed by atoms with E-state index in [1.165, 1.54) is 40.3 Å². The number of carbonyl (C=O) groups is 3. The van der Waals surface area contributed by atoms with E-state index in [4.69, 9.17) is 0 Å². The molecule has 3 aliphatic rings. The van der Waals surface area contributed by atoms with E-state index in [0.717, 1.165) is 11.6 Å². The van der Waals surface area contributed by atoms with Gasteiger partial charge in [-0.2, -0.15) is 5.26 Å². The Kier molecular flexibility index (Phi) is 7.12. The maximum Gasteiger partial charge on any atom is 0.252 e. The van der Waals surface area contributed by atoms with Crippen LogP contribution in [0.4, 0.5) is 24.8 Å². The van der Waals surface area contributed by atoms with Gasteiger partial charge in [0.25, 0.3) is 11.8 Å². The predicted molar refractivity (Wildman–Crippen MR) is 148 cm³/mol. The number of aryl methyl sites for hydroxylation is 1. The summed E-state index contributed by atoms with van der Waals surface area (Å²) >= 11 is 0. The first-order valence-electron chi connectivity index (χ1n) is 14.0. The normalized spacial score (nSPS) is 22.4. The lowest BCUT2D eigenvalue weighted by molar-refractivity contribution is -0.137. The van der Waals surface area contributed by atoms with E-state index in [2.05, 4.69) is 15.3 Å². The van der Waals surface area contributed by atoms with Gasteiger partial charge >= 0.3 is 0 Å². The number of nitrogens with zero attached hydrogens (tertiary/aromatic N) is 5. The molecule has 1 N–H and O–H groups in total. The highest BCUT2D eigenvalue weighted by Gasteiger charge is 2.55. The summed E-state index contributed by atoms with van der Waals surface area (Å²) in [5.41, 5.74) is -0.145. The van der Waals surface area contributed by atoms with E-state index in [9.17, 15) is 32.8 Å². The second-order valence-corrected chi connectivity index (χ2v) is 11.2. The molecule has 43 heavy (non-hydrogen) atoms. The van der Waals surface area contributed by atoms with Crippen LogP contribution in [0.25, 0.3) is 0 Å². The molecule has 2 atom stereocenters. The molecule has 1 aromatic heterocycles. The van der Waals surface area contributed by atoms with Crippen LogP contribution in [0.3, 0.4) is 0 Å². The average molecular weight is 589 g/mol. The topological polar surface area (TPSA) is 119 Å². The van der Waals surface area contributed by atoms with Crippen LogP contribution in [-0.2, 0) is 26.3 Å². The fourth-order valence-electron chi connectivity index (χ4n) is 6.45. The molecule has 9 nitrogen and oxygen atoms in total. The van der Waals surface area contributed by atoms with Crippen LogP contribution in [0.5, 0.6) is 0 Å². The first kappa shape index (κ1) is 28.3. The van der Waals surface area contributed by atoms with Crippen molar-refractivity contribution in [1.82, 2.24) is 15.3 Å². The average Bonchev–Trinajstić information content (AvgIpc) is 3.53. The van der Waals surface area contributed by atoms with Crippen molar-refractivity contribution in [3.05, 3.63) is 83.4 Å². The van der Waals surface area contributed by atoms with E-state index in [1.807, 2.05) is 18.2 Å². The van der Waals surface area contributed by atoms with E-state index in [0.29, 0.717) is 12.0 Å². The van der Waals surface area contributed by atoms with Crippen LogP contribution in [-0.4, -0.2) is 45.7 Å². The Hall–Kier alpha value is -4.79. The Balaban J connectivity index is 1.41. The number of hydrogen-bond donors (Lipinski definition) is 1. The molecule has 3 aromatic rings. The molecule has 1 saturated heterocycles. The number of aromatic nitrogens is 2. The molecule has 2 heterocycles. The number of fused-ring (bicyclic) bond motifs is 1. The minimum absolute atomic E-state index is 0.0127. The van der Waals surface area contributed by atoms with Crippen molar-refractivity contribution in [3.63, 3.8) is 0 Å². The molecule has 2 aromatic carbocycles. The molecule has 6 rings (SSSR count). The minimum atomic E-state index is -2.87. The molecule has 2 fully saturated rings. The molecule has 1 aliphatic heterocycles. The zero-order valence-corrected chi connectivity index (χ0v) is 23.0. The summed E-state index contributed by atoms with van der Waals surface area (Å²) in [5.74, 6) is -5.04. The molecule has 12 heteroatoms. The first-order valence-corrected chi connectivity index (χ1v) is 14.0. The Bertz CT molecular complexity index is 1650. The van der Waals surface area contributed by atoms with Crippen LogP contribution in [0.15, 0.2) is 60.8 Å². The summed E-state index contributed by atoms with van der Waals surface area (Å²) in [4.78, 5) is 52.5. The molecule has 0 radical (unpaired) electrons. The van der Waals surface area contributed by atoms with Gasteiger partial charge in [0.15, 0.2) is 5.54 Å². The molecule has 0 bridgehead atoms. The van der Waals surface area contributed by atoms with Crippen LogP contribution in [0.2, 0.25) is 0 Å². The van der Waals surface area contributed by atoms with Gasteiger partial charge in [0.1, 0.15) is 17.6 Å². The number of benzene rings is 2. The maximum absolute atomic E-state index is 14.7. The number of nitriles is 1. The van der Waals surface area contributed by atoms with Crippen molar-refractivity contribution in [2.75, 3.05) is 9.80 Å². The van der Waals surface area contributed by atoms with E-state index < -0.39 is 54.0 Å². The lowest BCUT2D eigenvalue weighted by atomic mass is 9.83. The Morgan fingerprint density at radius 3 is 2.65 bits per heavy atom.